The van der Waals surface area contributed by atoms with Crippen LogP contribution in [0.5, 0.6) is 0 Å². The van der Waals surface area contributed by atoms with E-state index in [1.54, 1.807) is 12.3 Å². The van der Waals surface area contributed by atoms with Crippen LogP contribution in [0.3, 0.4) is 0 Å². The van der Waals surface area contributed by atoms with Crippen molar-refractivity contribution in [1.29, 1.82) is 0 Å². The molecule has 0 saturated carbocycles. The van der Waals surface area contributed by atoms with Gasteiger partial charge >= 0.3 is 0 Å². The summed E-state index contributed by atoms with van der Waals surface area (Å²) in [6.07, 6.45) is 1.67. The van der Waals surface area contributed by atoms with Crippen molar-refractivity contribution >= 4 is 44.9 Å². The second-order valence-corrected chi connectivity index (χ2v) is 7.46. The minimum absolute atomic E-state index is 0.0396. The number of carbonyl (C=O) groups excluding carboxylic acids is 1. The fourth-order valence-electron chi connectivity index (χ4n) is 2.91. The lowest BCUT2D eigenvalue weighted by molar-refractivity contribution is -0.117. The standard InChI is InChI=1S/C18H20BrClN4O/c1-13-2-4-15(20)10-16(13)24-8-6-23(7-9-24)12-18(25)22-17-5-3-14(19)11-21-17/h2-5,10-11H,6-9,12H2,1H3,(H,21,22,25). The molecule has 5 nitrogen and oxygen atoms in total. The molecule has 7 heteroatoms. The highest BCUT2D eigenvalue weighted by Crippen LogP contribution is 2.25. The van der Waals surface area contributed by atoms with Gasteiger partial charge in [0.2, 0.25) is 5.91 Å². The third-order valence-electron chi connectivity index (χ3n) is 4.25. The van der Waals surface area contributed by atoms with Crippen LogP contribution in [-0.2, 0) is 4.79 Å². The molecule has 25 heavy (non-hydrogen) atoms. The summed E-state index contributed by atoms with van der Waals surface area (Å²) in [6, 6.07) is 9.61. The highest BCUT2D eigenvalue weighted by molar-refractivity contribution is 9.10. The lowest BCUT2D eigenvalue weighted by Gasteiger charge is -2.36. The Hall–Kier alpha value is -1.63. The SMILES string of the molecule is Cc1ccc(Cl)cc1N1CCN(CC(=O)Nc2ccc(Br)cn2)CC1. The summed E-state index contributed by atoms with van der Waals surface area (Å²) in [6.45, 7) is 5.91. The summed E-state index contributed by atoms with van der Waals surface area (Å²) >= 11 is 9.45. The van der Waals surface area contributed by atoms with E-state index in [1.807, 2.05) is 24.3 Å². The Labute approximate surface area is 161 Å². The molecule has 1 aromatic heterocycles. The molecular weight excluding hydrogens is 404 g/mol. The van der Waals surface area contributed by atoms with E-state index in [-0.39, 0.29) is 5.91 Å². The van der Waals surface area contributed by atoms with Crippen LogP contribution in [-0.4, -0.2) is 48.5 Å². The molecule has 0 radical (unpaired) electrons. The number of rotatable bonds is 4. The lowest BCUT2D eigenvalue weighted by Crippen LogP contribution is -2.48. The van der Waals surface area contributed by atoms with Crippen molar-refractivity contribution in [2.75, 3.05) is 42.9 Å². The molecule has 1 aliphatic rings. The number of carbonyl (C=O) groups is 1. The van der Waals surface area contributed by atoms with Crippen LogP contribution in [0.4, 0.5) is 11.5 Å². The van der Waals surface area contributed by atoms with Crippen molar-refractivity contribution in [3.8, 4) is 0 Å². The molecule has 2 aromatic rings. The van der Waals surface area contributed by atoms with Crippen LogP contribution in [0.25, 0.3) is 0 Å². The number of benzene rings is 1. The minimum Gasteiger partial charge on any atom is -0.369 e. The maximum Gasteiger partial charge on any atom is 0.239 e. The topological polar surface area (TPSA) is 48.5 Å². The Morgan fingerprint density at radius 3 is 2.68 bits per heavy atom. The molecule has 2 heterocycles. The quantitative estimate of drug-likeness (QED) is 0.817. The largest absolute Gasteiger partial charge is 0.369 e. The van der Waals surface area contributed by atoms with E-state index in [0.29, 0.717) is 12.4 Å². The molecule has 0 spiro atoms. The van der Waals surface area contributed by atoms with Crippen LogP contribution >= 0.6 is 27.5 Å². The van der Waals surface area contributed by atoms with Crippen molar-refractivity contribution in [3.63, 3.8) is 0 Å². The molecule has 1 N–H and O–H groups in total. The number of piperazine rings is 1. The van der Waals surface area contributed by atoms with Crippen LogP contribution < -0.4 is 10.2 Å². The number of aromatic nitrogens is 1. The molecule has 1 fully saturated rings. The fourth-order valence-corrected chi connectivity index (χ4v) is 3.31. The van der Waals surface area contributed by atoms with Gasteiger partial charge in [0.15, 0.2) is 0 Å². The number of nitrogens with one attached hydrogen (secondary N) is 1. The first-order chi connectivity index (χ1) is 12.0. The van der Waals surface area contributed by atoms with Crippen molar-refractivity contribution < 1.29 is 4.79 Å². The molecule has 1 amide bonds. The van der Waals surface area contributed by atoms with E-state index < -0.39 is 0 Å². The minimum atomic E-state index is -0.0396. The molecule has 0 unspecified atom stereocenters. The average molecular weight is 424 g/mol. The van der Waals surface area contributed by atoms with Gasteiger partial charge in [-0.05, 0) is 52.7 Å². The van der Waals surface area contributed by atoms with Gasteiger partial charge in [0, 0.05) is 47.6 Å². The Kier molecular flexibility index (Phi) is 5.93. The number of halogens is 2. The Bertz CT molecular complexity index is 745. The second-order valence-electron chi connectivity index (χ2n) is 6.10. The Morgan fingerprint density at radius 2 is 2.00 bits per heavy atom. The number of hydrogen-bond donors (Lipinski definition) is 1. The van der Waals surface area contributed by atoms with Crippen LogP contribution in [0.2, 0.25) is 5.02 Å². The zero-order valence-electron chi connectivity index (χ0n) is 14.0. The summed E-state index contributed by atoms with van der Waals surface area (Å²) in [7, 11) is 0. The predicted molar refractivity (Wildman–Crippen MR) is 105 cm³/mol. The number of aryl methyl sites for hydroxylation is 1. The number of anilines is 2. The first-order valence-electron chi connectivity index (χ1n) is 8.16. The maximum atomic E-state index is 12.2. The second kappa shape index (κ2) is 8.17. The monoisotopic (exact) mass is 422 g/mol. The molecule has 3 rings (SSSR count). The molecular formula is C18H20BrClN4O. The van der Waals surface area contributed by atoms with Gasteiger partial charge in [-0.3, -0.25) is 9.69 Å². The Morgan fingerprint density at radius 1 is 1.24 bits per heavy atom. The molecule has 132 valence electrons. The zero-order valence-corrected chi connectivity index (χ0v) is 16.3. The number of hydrogen-bond acceptors (Lipinski definition) is 4. The van der Waals surface area contributed by atoms with E-state index in [9.17, 15) is 4.79 Å². The summed E-state index contributed by atoms with van der Waals surface area (Å²) in [5.74, 6) is 0.531. The van der Waals surface area contributed by atoms with Crippen molar-refractivity contribution in [1.82, 2.24) is 9.88 Å². The molecule has 0 bridgehead atoms. The highest BCUT2D eigenvalue weighted by Gasteiger charge is 2.20. The third kappa shape index (κ3) is 4.93. The molecule has 0 atom stereocenters. The van der Waals surface area contributed by atoms with Crippen LogP contribution in [0.1, 0.15) is 5.56 Å². The normalized spacial score (nSPS) is 15.2. The first-order valence-corrected chi connectivity index (χ1v) is 9.33. The van der Waals surface area contributed by atoms with Gasteiger partial charge in [0.25, 0.3) is 0 Å². The third-order valence-corrected chi connectivity index (χ3v) is 4.95. The number of amides is 1. The smallest absolute Gasteiger partial charge is 0.239 e. The van der Waals surface area contributed by atoms with E-state index in [4.69, 9.17) is 11.6 Å². The van der Waals surface area contributed by atoms with Gasteiger partial charge in [0.05, 0.1) is 6.54 Å². The van der Waals surface area contributed by atoms with E-state index in [2.05, 4.69) is 43.0 Å². The molecule has 0 aliphatic carbocycles. The van der Waals surface area contributed by atoms with Crippen LogP contribution in [0.15, 0.2) is 41.0 Å². The summed E-state index contributed by atoms with van der Waals surface area (Å²) in [5.41, 5.74) is 2.40. The van der Waals surface area contributed by atoms with Crippen LogP contribution in [0, 0.1) is 6.92 Å². The first kappa shape index (κ1) is 18.2. The Balaban J connectivity index is 1.51. The van der Waals surface area contributed by atoms with Gasteiger partial charge in [-0.1, -0.05) is 17.7 Å². The van der Waals surface area contributed by atoms with E-state index >= 15 is 0 Å². The van der Waals surface area contributed by atoms with Gasteiger partial charge in [-0.15, -0.1) is 0 Å². The fraction of sp³-hybridized carbons (Fsp3) is 0.333. The van der Waals surface area contributed by atoms with Gasteiger partial charge in [0.1, 0.15) is 5.82 Å². The van der Waals surface area contributed by atoms with Crippen molar-refractivity contribution in [2.45, 2.75) is 6.92 Å². The maximum absolute atomic E-state index is 12.2. The van der Waals surface area contributed by atoms with Gasteiger partial charge < -0.3 is 10.2 Å². The molecule has 1 aliphatic heterocycles. The van der Waals surface area contributed by atoms with Crippen molar-refractivity contribution in [2.24, 2.45) is 0 Å². The molecule has 1 aromatic carbocycles. The average Bonchev–Trinajstić information content (AvgIpc) is 2.60. The predicted octanol–water partition coefficient (Wildman–Crippen LogP) is 3.57. The summed E-state index contributed by atoms with van der Waals surface area (Å²) in [5, 5.41) is 3.59. The lowest BCUT2D eigenvalue weighted by atomic mass is 10.1. The number of nitrogens with zero attached hydrogens (tertiary/aromatic N) is 3. The van der Waals surface area contributed by atoms with Gasteiger partial charge in [-0.2, -0.15) is 0 Å². The van der Waals surface area contributed by atoms with Crippen molar-refractivity contribution in [3.05, 3.63) is 51.6 Å². The van der Waals surface area contributed by atoms with E-state index in [1.165, 1.54) is 11.3 Å². The number of pyridine rings is 1. The van der Waals surface area contributed by atoms with Gasteiger partial charge in [-0.25, -0.2) is 4.98 Å². The molecule has 1 saturated heterocycles. The summed E-state index contributed by atoms with van der Waals surface area (Å²) in [4.78, 5) is 20.8. The highest BCUT2D eigenvalue weighted by atomic mass is 79.9. The zero-order chi connectivity index (χ0) is 17.8. The summed E-state index contributed by atoms with van der Waals surface area (Å²) < 4.78 is 0.887. The van der Waals surface area contributed by atoms with E-state index in [0.717, 1.165) is 35.7 Å².